The van der Waals surface area contributed by atoms with Gasteiger partial charge in [0.05, 0.1) is 5.69 Å². The van der Waals surface area contributed by atoms with Crippen LogP contribution in [0.5, 0.6) is 0 Å². The highest BCUT2D eigenvalue weighted by atomic mass is 16.1. The van der Waals surface area contributed by atoms with Crippen LogP contribution in [0.2, 0.25) is 0 Å². The zero-order chi connectivity index (χ0) is 24.8. The number of hydrogen-bond acceptors (Lipinski definition) is 5. The van der Waals surface area contributed by atoms with Crippen LogP contribution in [0.15, 0.2) is 55.0 Å². The van der Waals surface area contributed by atoms with Crippen molar-refractivity contribution in [1.82, 2.24) is 24.3 Å². The summed E-state index contributed by atoms with van der Waals surface area (Å²) in [6, 6.07) is 12.3. The molecule has 1 aromatic carbocycles. The van der Waals surface area contributed by atoms with Gasteiger partial charge in [-0.25, -0.2) is 9.97 Å². The maximum atomic E-state index is 13.0. The molecule has 0 atom stereocenters. The molecule has 4 heterocycles. The summed E-state index contributed by atoms with van der Waals surface area (Å²) in [6.07, 6.45) is 9.57. The Labute approximate surface area is 209 Å². The molecule has 7 heteroatoms. The molecule has 6 rings (SSSR count). The van der Waals surface area contributed by atoms with Gasteiger partial charge in [-0.3, -0.25) is 14.2 Å². The first-order valence-corrected chi connectivity index (χ1v) is 12.6. The lowest BCUT2D eigenvalue weighted by Gasteiger charge is -2.27. The summed E-state index contributed by atoms with van der Waals surface area (Å²) in [5.41, 5.74) is 13.3. The van der Waals surface area contributed by atoms with Gasteiger partial charge in [0, 0.05) is 53.4 Å². The van der Waals surface area contributed by atoms with Gasteiger partial charge in [-0.2, -0.15) is 0 Å². The summed E-state index contributed by atoms with van der Waals surface area (Å²) < 4.78 is 2.10. The predicted octanol–water partition coefficient (Wildman–Crippen LogP) is 5.56. The fourth-order valence-electron chi connectivity index (χ4n) is 5.69. The average molecular weight is 479 g/mol. The molecule has 0 aliphatic heterocycles. The van der Waals surface area contributed by atoms with Gasteiger partial charge in [0.2, 0.25) is 0 Å². The van der Waals surface area contributed by atoms with E-state index in [0.29, 0.717) is 18.0 Å². The number of imidazole rings is 1. The van der Waals surface area contributed by atoms with Gasteiger partial charge in [0.1, 0.15) is 28.6 Å². The molecule has 0 spiro atoms. The van der Waals surface area contributed by atoms with E-state index in [2.05, 4.69) is 44.5 Å². The summed E-state index contributed by atoms with van der Waals surface area (Å²) in [5.74, 6) is 2.15. The van der Waals surface area contributed by atoms with E-state index in [0.717, 1.165) is 70.7 Å². The quantitative estimate of drug-likeness (QED) is 0.344. The fraction of sp³-hybridized carbons (Fsp3) is 0.310. The van der Waals surface area contributed by atoms with Crippen LogP contribution in [-0.2, 0) is 11.2 Å². The monoisotopic (exact) mass is 478 g/mol. The number of Topliss-reactive ketones (excluding diaryl/α,β-unsaturated/α-hetero) is 1. The lowest BCUT2D eigenvalue weighted by Crippen LogP contribution is -2.23. The normalized spacial score (nSPS) is 18.2. The number of nitrogens with zero attached hydrogens (tertiary/aromatic N) is 4. The molecule has 0 saturated heterocycles. The van der Waals surface area contributed by atoms with Gasteiger partial charge in [-0.15, -0.1) is 0 Å². The summed E-state index contributed by atoms with van der Waals surface area (Å²) in [4.78, 5) is 30.4. The first-order chi connectivity index (χ1) is 17.5. The number of ketones is 1. The molecule has 1 saturated carbocycles. The van der Waals surface area contributed by atoms with Gasteiger partial charge in [-0.1, -0.05) is 24.3 Å². The number of aromatic nitrogens is 5. The van der Waals surface area contributed by atoms with Gasteiger partial charge < -0.3 is 10.7 Å². The second-order valence-electron chi connectivity index (χ2n) is 10.0. The Morgan fingerprint density at radius 2 is 1.89 bits per heavy atom. The lowest BCUT2D eigenvalue weighted by atomic mass is 9.78. The molecule has 0 bridgehead atoms. The van der Waals surface area contributed by atoms with E-state index in [-0.39, 0.29) is 11.8 Å². The number of pyridine rings is 1. The maximum Gasteiger partial charge on any atom is 0.150 e. The van der Waals surface area contributed by atoms with Gasteiger partial charge in [0.25, 0.3) is 0 Å². The molecule has 5 aromatic rings. The Kier molecular flexibility index (Phi) is 5.55. The topological polar surface area (TPSA) is 102 Å². The second-order valence-corrected chi connectivity index (χ2v) is 10.0. The molecule has 0 unspecified atom stereocenters. The highest BCUT2D eigenvalue weighted by molar-refractivity contribution is 5.94. The van der Waals surface area contributed by atoms with Crippen molar-refractivity contribution in [2.75, 3.05) is 5.73 Å². The van der Waals surface area contributed by atoms with Gasteiger partial charge in [0.15, 0.2) is 0 Å². The first kappa shape index (κ1) is 22.5. The predicted molar refractivity (Wildman–Crippen MR) is 142 cm³/mol. The van der Waals surface area contributed by atoms with Crippen molar-refractivity contribution in [3.8, 4) is 11.4 Å². The van der Waals surface area contributed by atoms with Crippen LogP contribution in [0.25, 0.3) is 27.8 Å². The average Bonchev–Trinajstić information content (AvgIpc) is 3.44. The molecule has 7 nitrogen and oxygen atoms in total. The minimum absolute atomic E-state index is 0.0935. The summed E-state index contributed by atoms with van der Waals surface area (Å²) in [7, 11) is 0. The summed E-state index contributed by atoms with van der Waals surface area (Å²) in [6.45, 7) is 4.08. The largest absolute Gasteiger partial charge is 0.382 e. The molecule has 3 N–H and O–H groups in total. The highest BCUT2D eigenvalue weighted by Crippen LogP contribution is 2.40. The van der Waals surface area contributed by atoms with Crippen molar-refractivity contribution >= 4 is 28.0 Å². The van der Waals surface area contributed by atoms with Crippen LogP contribution >= 0.6 is 0 Å². The number of carbonyl (C=O) groups is 1. The fourth-order valence-corrected chi connectivity index (χ4v) is 5.69. The van der Waals surface area contributed by atoms with Gasteiger partial charge >= 0.3 is 0 Å². The van der Waals surface area contributed by atoms with E-state index in [4.69, 9.17) is 10.7 Å². The van der Waals surface area contributed by atoms with Crippen LogP contribution < -0.4 is 5.73 Å². The second kappa shape index (κ2) is 8.90. The van der Waals surface area contributed by atoms with E-state index in [1.807, 2.05) is 37.5 Å². The van der Waals surface area contributed by atoms with E-state index in [9.17, 15) is 4.79 Å². The lowest BCUT2D eigenvalue weighted by molar-refractivity contribution is -0.123. The van der Waals surface area contributed by atoms with Crippen molar-refractivity contribution in [3.05, 3.63) is 77.6 Å². The number of nitrogen functional groups attached to an aromatic ring is 1. The highest BCUT2D eigenvalue weighted by Gasteiger charge is 2.31. The van der Waals surface area contributed by atoms with E-state index in [1.165, 1.54) is 5.39 Å². The summed E-state index contributed by atoms with van der Waals surface area (Å²) >= 11 is 0. The molecule has 0 radical (unpaired) electrons. The molecule has 0 amide bonds. The number of fused-ring (bicyclic) bond motifs is 2. The number of rotatable bonds is 5. The third kappa shape index (κ3) is 3.85. The molecule has 1 fully saturated rings. The van der Waals surface area contributed by atoms with Crippen LogP contribution in [0.3, 0.4) is 0 Å². The van der Waals surface area contributed by atoms with Crippen LogP contribution in [0.1, 0.15) is 54.2 Å². The zero-order valence-electron chi connectivity index (χ0n) is 20.7. The van der Waals surface area contributed by atoms with Crippen LogP contribution in [0, 0.1) is 19.8 Å². The smallest absolute Gasteiger partial charge is 0.150 e. The minimum Gasteiger partial charge on any atom is -0.382 e. The van der Waals surface area contributed by atoms with Gasteiger partial charge in [-0.05, 0) is 62.8 Å². The summed E-state index contributed by atoms with van der Waals surface area (Å²) in [5, 5.41) is 1.18. The van der Waals surface area contributed by atoms with Crippen molar-refractivity contribution in [2.45, 2.75) is 51.9 Å². The number of carbonyl (C=O) groups excluding carboxylic acids is 1. The molecule has 36 heavy (non-hydrogen) atoms. The molecular formula is C29H30N6O. The Hall–Kier alpha value is -4.00. The Balaban J connectivity index is 1.28. The van der Waals surface area contributed by atoms with E-state index in [1.54, 1.807) is 6.20 Å². The minimum atomic E-state index is 0.0935. The number of H-pyrrole nitrogens is 1. The molecule has 1 aliphatic rings. The number of nitrogens with two attached hydrogens (primary N) is 1. The molecule has 4 aromatic heterocycles. The van der Waals surface area contributed by atoms with Crippen LogP contribution in [0.4, 0.5) is 5.82 Å². The van der Waals surface area contributed by atoms with Crippen molar-refractivity contribution in [2.24, 2.45) is 5.92 Å². The molecule has 1 aliphatic carbocycles. The number of aryl methyl sites for hydroxylation is 2. The molecule has 182 valence electrons. The number of nitrogens with one attached hydrogen (secondary N) is 1. The number of benzene rings is 1. The van der Waals surface area contributed by atoms with Crippen molar-refractivity contribution < 1.29 is 4.79 Å². The maximum absolute atomic E-state index is 13.0. The standard InChI is InChI=1S/C29H30N6O/c1-17-7-8-19(16-32-17)15-24(36)20-9-11-21(12-10-20)29-34-26(27-28(30)31-13-14-35(27)29)25-18(2)22-5-3-4-6-23(22)33-25/h3-8,13-14,16,20-21,33H,9-12,15H2,1-2H3,(H2,30,31). The van der Waals surface area contributed by atoms with Crippen molar-refractivity contribution in [3.63, 3.8) is 0 Å². The number of para-hydroxylation sites is 1. The number of aromatic amines is 1. The Bertz CT molecular complexity index is 1570. The number of anilines is 1. The third-order valence-corrected chi connectivity index (χ3v) is 7.71. The van der Waals surface area contributed by atoms with E-state index >= 15 is 0 Å². The van der Waals surface area contributed by atoms with Crippen LogP contribution in [-0.4, -0.2) is 30.1 Å². The number of hydrogen-bond donors (Lipinski definition) is 2. The van der Waals surface area contributed by atoms with Crippen molar-refractivity contribution in [1.29, 1.82) is 0 Å². The SMILES string of the molecule is Cc1ccc(CC(=O)C2CCC(c3nc(-c4[nH]c5ccccc5c4C)c4c(N)nccn34)CC2)cn1. The zero-order valence-corrected chi connectivity index (χ0v) is 20.7. The van der Waals surface area contributed by atoms with E-state index < -0.39 is 0 Å². The Morgan fingerprint density at radius 1 is 1.08 bits per heavy atom. The molecular weight excluding hydrogens is 448 g/mol. The third-order valence-electron chi connectivity index (χ3n) is 7.71. The first-order valence-electron chi connectivity index (χ1n) is 12.6. The Morgan fingerprint density at radius 3 is 2.64 bits per heavy atom.